The molecule has 100 valence electrons. The number of benzene rings is 2. The molecule has 2 rings (SSSR count). The van der Waals surface area contributed by atoms with Gasteiger partial charge in [0.1, 0.15) is 0 Å². The van der Waals surface area contributed by atoms with E-state index in [2.05, 4.69) is 6.92 Å². The highest BCUT2D eigenvalue weighted by atomic mass is 16.5. The van der Waals surface area contributed by atoms with E-state index in [0.29, 0.717) is 11.1 Å². The molecular weight excluding hydrogens is 236 g/mol. The van der Waals surface area contributed by atoms with Crippen LogP contribution in [0.4, 0.5) is 0 Å². The summed E-state index contributed by atoms with van der Waals surface area (Å²) in [5, 5.41) is 21.1. The summed E-state index contributed by atoms with van der Waals surface area (Å²) < 4.78 is 0. The Hall–Kier alpha value is -1.64. The molecule has 0 saturated heterocycles. The van der Waals surface area contributed by atoms with Crippen molar-refractivity contribution in [2.24, 2.45) is 0 Å². The Labute approximate surface area is 114 Å². The van der Waals surface area contributed by atoms with Crippen molar-refractivity contribution >= 4 is 0 Å². The van der Waals surface area contributed by atoms with Crippen LogP contribution in [0, 0.1) is 27.7 Å². The van der Waals surface area contributed by atoms with Gasteiger partial charge in [-0.15, -0.1) is 0 Å². The van der Waals surface area contributed by atoms with Crippen molar-refractivity contribution in [3.05, 3.63) is 69.8 Å². The van der Waals surface area contributed by atoms with Crippen molar-refractivity contribution in [2.75, 3.05) is 0 Å². The molecule has 0 aliphatic heterocycles. The van der Waals surface area contributed by atoms with Crippen molar-refractivity contribution in [1.29, 1.82) is 0 Å². The molecule has 0 unspecified atom stereocenters. The van der Waals surface area contributed by atoms with Crippen molar-refractivity contribution in [3.8, 4) is 0 Å². The molecule has 0 aromatic heterocycles. The van der Waals surface area contributed by atoms with Gasteiger partial charge >= 0.3 is 0 Å². The van der Waals surface area contributed by atoms with Crippen LogP contribution in [0.2, 0.25) is 0 Å². The fourth-order valence-corrected chi connectivity index (χ4v) is 2.40. The first kappa shape index (κ1) is 13.8. The first-order valence-electron chi connectivity index (χ1n) is 6.44. The molecule has 0 aliphatic carbocycles. The average molecular weight is 256 g/mol. The maximum absolute atomic E-state index is 10.5. The molecule has 0 fully saturated rings. The van der Waals surface area contributed by atoms with E-state index in [4.69, 9.17) is 0 Å². The second-order valence-electron chi connectivity index (χ2n) is 5.15. The van der Waals surface area contributed by atoms with Crippen LogP contribution in [0.5, 0.6) is 0 Å². The molecule has 0 bridgehead atoms. The van der Waals surface area contributed by atoms with Crippen LogP contribution in [0.3, 0.4) is 0 Å². The van der Waals surface area contributed by atoms with E-state index < -0.39 is 5.79 Å². The Kier molecular flexibility index (Phi) is 3.48. The predicted octanol–water partition coefficient (Wildman–Crippen LogP) is 3.11. The molecule has 0 spiro atoms. The van der Waals surface area contributed by atoms with Gasteiger partial charge in [-0.1, -0.05) is 30.3 Å². The fraction of sp³-hybridized carbons (Fsp3) is 0.294. The van der Waals surface area contributed by atoms with Crippen LogP contribution >= 0.6 is 0 Å². The summed E-state index contributed by atoms with van der Waals surface area (Å²) in [6, 6.07) is 10.8. The third-order valence-corrected chi connectivity index (χ3v) is 4.03. The van der Waals surface area contributed by atoms with Gasteiger partial charge in [0.2, 0.25) is 5.79 Å². The lowest BCUT2D eigenvalue weighted by Crippen LogP contribution is -2.28. The lowest BCUT2D eigenvalue weighted by Gasteiger charge is -2.27. The molecule has 0 radical (unpaired) electrons. The van der Waals surface area contributed by atoms with Crippen LogP contribution in [0.1, 0.15) is 33.4 Å². The van der Waals surface area contributed by atoms with E-state index in [-0.39, 0.29) is 0 Å². The van der Waals surface area contributed by atoms with Gasteiger partial charge in [0.25, 0.3) is 0 Å². The smallest absolute Gasteiger partial charge is 0.217 e. The van der Waals surface area contributed by atoms with Crippen LogP contribution in [0.25, 0.3) is 0 Å². The molecular formula is C17H20O2. The lowest BCUT2D eigenvalue weighted by molar-refractivity contribution is -0.132. The summed E-state index contributed by atoms with van der Waals surface area (Å²) >= 11 is 0. The molecule has 19 heavy (non-hydrogen) atoms. The van der Waals surface area contributed by atoms with Crippen molar-refractivity contribution in [2.45, 2.75) is 33.5 Å². The largest absolute Gasteiger partial charge is 0.358 e. The number of hydrogen-bond acceptors (Lipinski definition) is 2. The minimum atomic E-state index is -1.95. The van der Waals surface area contributed by atoms with Gasteiger partial charge in [-0.3, -0.25) is 0 Å². The summed E-state index contributed by atoms with van der Waals surface area (Å²) in [6.45, 7) is 8.00. The highest BCUT2D eigenvalue weighted by Crippen LogP contribution is 2.32. The van der Waals surface area contributed by atoms with Gasteiger partial charge in [-0.05, 0) is 56.0 Å². The lowest BCUT2D eigenvalue weighted by atomic mass is 9.87. The quantitative estimate of drug-likeness (QED) is 0.811. The first-order valence-corrected chi connectivity index (χ1v) is 6.44. The Balaban J connectivity index is 2.65. The molecule has 2 aromatic rings. The molecule has 0 amide bonds. The van der Waals surface area contributed by atoms with E-state index in [1.807, 2.05) is 32.9 Å². The zero-order chi connectivity index (χ0) is 14.2. The predicted molar refractivity (Wildman–Crippen MR) is 77.0 cm³/mol. The zero-order valence-corrected chi connectivity index (χ0v) is 11.9. The summed E-state index contributed by atoms with van der Waals surface area (Å²) in [5.41, 5.74) is 5.35. The molecule has 0 atom stereocenters. The van der Waals surface area contributed by atoms with Gasteiger partial charge in [0.05, 0.1) is 0 Å². The normalized spacial score (nSPS) is 11.7. The van der Waals surface area contributed by atoms with E-state index in [0.717, 1.165) is 16.7 Å². The third kappa shape index (κ3) is 2.29. The van der Waals surface area contributed by atoms with E-state index >= 15 is 0 Å². The SMILES string of the molecule is Cc1cc(C(O)(O)c2ccccc2)c(C)c(C)c1C. The number of rotatable bonds is 2. The van der Waals surface area contributed by atoms with Gasteiger partial charge in [-0.25, -0.2) is 0 Å². The second-order valence-corrected chi connectivity index (χ2v) is 5.15. The van der Waals surface area contributed by atoms with Crippen molar-refractivity contribution < 1.29 is 10.2 Å². The van der Waals surface area contributed by atoms with Crippen LogP contribution < -0.4 is 0 Å². The molecule has 0 saturated carbocycles. The van der Waals surface area contributed by atoms with Gasteiger partial charge in [0.15, 0.2) is 0 Å². The van der Waals surface area contributed by atoms with Gasteiger partial charge < -0.3 is 10.2 Å². The Morgan fingerprint density at radius 1 is 0.789 bits per heavy atom. The van der Waals surface area contributed by atoms with E-state index in [1.54, 1.807) is 24.3 Å². The molecule has 2 N–H and O–H groups in total. The summed E-state index contributed by atoms with van der Waals surface area (Å²) in [5.74, 6) is -1.95. The average Bonchev–Trinajstić information content (AvgIpc) is 2.41. The van der Waals surface area contributed by atoms with E-state index in [1.165, 1.54) is 5.56 Å². The van der Waals surface area contributed by atoms with Gasteiger partial charge in [0, 0.05) is 11.1 Å². The summed E-state index contributed by atoms with van der Waals surface area (Å²) in [6.07, 6.45) is 0. The number of aliphatic hydroxyl groups is 2. The summed E-state index contributed by atoms with van der Waals surface area (Å²) in [7, 11) is 0. The topological polar surface area (TPSA) is 40.5 Å². The highest BCUT2D eigenvalue weighted by Gasteiger charge is 2.31. The minimum Gasteiger partial charge on any atom is -0.358 e. The molecule has 2 heteroatoms. The molecule has 0 aliphatic rings. The second kappa shape index (κ2) is 4.80. The fourth-order valence-electron chi connectivity index (χ4n) is 2.40. The Bertz CT molecular complexity index is 598. The zero-order valence-electron chi connectivity index (χ0n) is 11.9. The maximum Gasteiger partial charge on any atom is 0.217 e. The maximum atomic E-state index is 10.5. The Morgan fingerprint density at radius 3 is 1.95 bits per heavy atom. The van der Waals surface area contributed by atoms with Crippen molar-refractivity contribution in [1.82, 2.24) is 0 Å². The molecule has 0 heterocycles. The van der Waals surface area contributed by atoms with Crippen LogP contribution in [0.15, 0.2) is 36.4 Å². The molecule has 2 aromatic carbocycles. The highest BCUT2D eigenvalue weighted by molar-refractivity contribution is 5.48. The monoisotopic (exact) mass is 256 g/mol. The van der Waals surface area contributed by atoms with Gasteiger partial charge in [-0.2, -0.15) is 0 Å². The van der Waals surface area contributed by atoms with Crippen molar-refractivity contribution in [3.63, 3.8) is 0 Å². The number of aryl methyl sites for hydroxylation is 1. The van der Waals surface area contributed by atoms with Crippen LogP contribution in [-0.4, -0.2) is 10.2 Å². The minimum absolute atomic E-state index is 0.487. The Morgan fingerprint density at radius 2 is 1.37 bits per heavy atom. The summed E-state index contributed by atoms with van der Waals surface area (Å²) in [4.78, 5) is 0. The number of hydrogen-bond donors (Lipinski definition) is 2. The third-order valence-electron chi connectivity index (χ3n) is 4.03. The van der Waals surface area contributed by atoms with E-state index in [9.17, 15) is 10.2 Å². The first-order chi connectivity index (χ1) is 8.85. The molecule has 2 nitrogen and oxygen atoms in total. The standard InChI is InChI=1S/C17H20O2/c1-11-10-16(14(4)13(3)12(11)2)17(18,19)15-8-6-5-7-9-15/h5-10,18-19H,1-4H3. The van der Waals surface area contributed by atoms with Crippen LogP contribution in [-0.2, 0) is 5.79 Å².